The minimum atomic E-state index is -0.124. The van der Waals surface area contributed by atoms with Crippen LogP contribution >= 0.6 is 0 Å². The second-order valence-corrected chi connectivity index (χ2v) is 7.30. The minimum absolute atomic E-state index is 0.124. The lowest BCUT2D eigenvalue weighted by Crippen LogP contribution is -2.26. The fourth-order valence-corrected chi connectivity index (χ4v) is 3.68. The fourth-order valence-electron chi connectivity index (χ4n) is 3.68. The molecule has 0 spiro atoms. The van der Waals surface area contributed by atoms with Crippen molar-refractivity contribution in [3.8, 4) is 22.8 Å². The Labute approximate surface area is 179 Å². The van der Waals surface area contributed by atoms with Gasteiger partial charge in [-0.3, -0.25) is 9.78 Å². The maximum Gasteiger partial charge on any atom is 0.252 e. The molecule has 154 valence electrons. The number of carbonyl (C=O) groups excluding carboxylic acids is 1. The van der Waals surface area contributed by atoms with Crippen LogP contribution in [-0.4, -0.2) is 35.6 Å². The Balaban J connectivity index is 1.36. The summed E-state index contributed by atoms with van der Waals surface area (Å²) >= 11 is 0. The number of carbonyl (C=O) groups is 1. The highest BCUT2D eigenvalue weighted by atomic mass is 16.6. The van der Waals surface area contributed by atoms with Crippen LogP contribution in [0.3, 0.4) is 0 Å². The minimum Gasteiger partial charge on any atom is -0.486 e. The first-order chi connectivity index (χ1) is 15.3. The van der Waals surface area contributed by atoms with Crippen LogP contribution in [0.5, 0.6) is 11.5 Å². The van der Waals surface area contributed by atoms with Gasteiger partial charge in [0.25, 0.3) is 5.91 Å². The van der Waals surface area contributed by atoms with Gasteiger partial charge in [0.1, 0.15) is 13.2 Å². The van der Waals surface area contributed by atoms with Gasteiger partial charge < -0.3 is 14.8 Å². The number of rotatable bonds is 5. The number of nitrogens with zero attached hydrogens (tertiary/aromatic N) is 2. The normalized spacial score (nSPS) is 12.5. The highest BCUT2D eigenvalue weighted by Crippen LogP contribution is 2.31. The molecule has 6 heteroatoms. The van der Waals surface area contributed by atoms with E-state index in [1.54, 1.807) is 12.4 Å². The molecule has 0 unspecified atom stereocenters. The number of hydrogen-bond donors (Lipinski definition) is 1. The monoisotopic (exact) mass is 411 g/mol. The first-order valence-electron chi connectivity index (χ1n) is 10.2. The first kappa shape index (κ1) is 19.1. The molecule has 0 atom stereocenters. The van der Waals surface area contributed by atoms with Crippen molar-refractivity contribution in [2.24, 2.45) is 0 Å². The lowest BCUT2D eigenvalue weighted by Gasteiger charge is -2.19. The summed E-state index contributed by atoms with van der Waals surface area (Å²) in [6, 6.07) is 19.2. The summed E-state index contributed by atoms with van der Waals surface area (Å²) in [5, 5.41) is 3.87. The largest absolute Gasteiger partial charge is 0.486 e. The molecule has 0 bridgehead atoms. The molecule has 0 radical (unpaired) electrons. The summed E-state index contributed by atoms with van der Waals surface area (Å²) in [6.45, 7) is 1.64. The van der Waals surface area contributed by atoms with E-state index < -0.39 is 0 Å². The average Bonchev–Trinajstić information content (AvgIpc) is 2.83. The number of nitrogens with one attached hydrogen (secondary N) is 1. The average molecular weight is 411 g/mol. The molecule has 0 saturated heterocycles. The van der Waals surface area contributed by atoms with Crippen molar-refractivity contribution in [3.05, 3.63) is 84.2 Å². The maximum absolute atomic E-state index is 13.1. The molecule has 2 aromatic heterocycles. The molecule has 1 amide bonds. The van der Waals surface area contributed by atoms with Gasteiger partial charge in [-0.15, -0.1) is 0 Å². The predicted molar refractivity (Wildman–Crippen MR) is 118 cm³/mol. The van der Waals surface area contributed by atoms with Gasteiger partial charge in [0.05, 0.1) is 16.8 Å². The quantitative estimate of drug-likeness (QED) is 0.537. The molecule has 1 aliphatic rings. The SMILES string of the molecule is O=C(NCCc1ccc2c(c1)OCCO2)c1cc(-c2cccnc2)nc2ccccc12. The Kier molecular flexibility index (Phi) is 5.19. The Hall–Kier alpha value is -3.93. The number of para-hydroxylation sites is 1. The van der Waals surface area contributed by atoms with Crippen molar-refractivity contribution in [2.75, 3.05) is 19.8 Å². The molecule has 1 aliphatic heterocycles. The number of hydrogen-bond acceptors (Lipinski definition) is 5. The Morgan fingerprint density at radius 3 is 2.71 bits per heavy atom. The molecule has 0 aliphatic carbocycles. The van der Waals surface area contributed by atoms with Crippen LogP contribution < -0.4 is 14.8 Å². The maximum atomic E-state index is 13.1. The molecule has 31 heavy (non-hydrogen) atoms. The number of pyridine rings is 2. The lowest BCUT2D eigenvalue weighted by molar-refractivity contribution is 0.0955. The van der Waals surface area contributed by atoms with Gasteiger partial charge in [-0.05, 0) is 48.4 Å². The second-order valence-electron chi connectivity index (χ2n) is 7.30. The van der Waals surface area contributed by atoms with Crippen LogP contribution in [0.1, 0.15) is 15.9 Å². The number of aromatic nitrogens is 2. The summed E-state index contributed by atoms with van der Waals surface area (Å²) in [7, 11) is 0. The van der Waals surface area contributed by atoms with Gasteiger partial charge >= 0.3 is 0 Å². The Morgan fingerprint density at radius 1 is 0.968 bits per heavy atom. The van der Waals surface area contributed by atoms with Gasteiger partial charge in [0.15, 0.2) is 11.5 Å². The molecule has 0 fully saturated rings. The first-order valence-corrected chi connectivity index (χ1v) is 10.2. The third-order valence-electron chi connectivity index (χ3n) is 5.22. The third-order valence-corrected chi connectivity index (χ3v) is 5.22. The Bertz CT molecular complexity index is 1240. The van der Waals surface area contributed by atoms with Crippen LogP contribution in [0.4, 0.5) is 0 Å². The zero-order chi connectivity index (χ0) is 21.0. The van der Waals surface area contributed by atoms with Crippen LogP contribution in [0.15, 0.2) is 73.1 Å². The fraction of sp³-hybridized carbons (Fsp3) is 0.160. The standard InChI is InChI=1S/C25H21N3O3/c29-25(27-11-9-17-7-8-23-24(14-17)31-13-12-30-23)20-15-22(18-4-3-10-26-16-18)28-21-6-2-1-5-19(20)21/h1-8,10,14-16H,9,11-13H2,(H,27,29). The van der Waals surface area contributed by atoms with Gasteiger partial charge in [-0.1, -0.05) is 24.3 Å². The van der Waals surface area contributed by atoms with Gasteiger partial charge in [0.2, 0.25) is 0 Å². The van der Waals surface area contributed by atoms with E-state index in [0.717, 1.165) is 39.2 Å². The van der Waals surface area contributed by atoms with E-state index in [2.05, 4.69) is 10.3 Å². The molecule has 0 saturated carbocycles. The Morgan fingerprint density at radius 2 is 1.84 bits per heavy atom. The highest BCUT2D eigenvalue weighted by Gasteiger charge is 2.15. The summed E-state index contributed by atoms with van der Waals surface area (Å²) < 4.78 is 11.2. The van der Waals surface area contributed by atoms with Gasteiger partial charge in [-0.25, -0.2) is 4.98 Å². The van der Waals surface area contributed by atoms with Crippen molar-refractivity contribution >= 4 is 16.8 Å². The summed E-state index contributed by atoms with van der Waals surface area (Å²) in [5.74, 6) is 1.41. The molecule has 3 heterocycles. The van der Waals surface area contributed by atoms with Crippen molar-refractivity contribution in [1.82, 2.24) is 15.3 Å². The van der Waals surface area contributed by atoms with E-state index in [4.69, 9.17) is 14.5 Å². The van der Waals surface area contributed by atoms with E-state index in [9.17, 15) is 4.79 Å². The van der Waals surface area contributed by atoms with E-state index >= 15 is 0 Å². The lowest BCUT2D eigenvalue weighted by atomic mass is 10.0. The zero-order valence-corrected chi connectivity index (χ0v) is 16.9. The zero-order valence-electron chi connectivity index (χ0n) is 16.9. The van der Waals surface area contributed by atoms with Crippen LogP contribution in [0.25, 0.3) is 22.2 Å². The molecular weight excluding hydrogens is 390 g/mol. The summed E-state index contributed by atoms with van der Waals surface area (Å²) in [6.07, 6.45) is 4.16. The van der Waals surface area contributed by atoms with E-state index in [1.165, 1.54) is 0 Å². The second kappa shape index (κ2) is 8.44. The molecule has 1 N–H and O–H groups in total. The van der Waals surface area contributed by atoms with E-state index in [0.29, 0.717) is 31.7 Å². The predicted octanol–water partition coefficient (Wildman–Crippen LogP) is 4.04. The van der Waals surface area contributed by atoms with Crippen molar-refractivity contribution in [2.45, 2.75) is 6.42 Å². The summed E-state index contributed by atoms with van der Waals surface area (Å²) in [4.78, 5) is 21.9. The third kappa shape index (κ3) is 4.05. The van der Waals surface area contributed by atoms with Crippen molar-refractivity contribution in [3.63, 3.8) is 0 Å². The van der Waals surface area contributed by atoms with Crippen LogP contribution in [0.2, 0.25) is 0 Å². The van der Waals surface area contributed by atoms with E-state index in [-0.39, 0.29) is 5.91 Å². The number of benzene rings is 2. The number of fused-ring (bicyclic) bond motifs is 2. The van der Waals surface area contributed by atoms with Crippen LogP contribution in [0, 0.1) is 0 Å². The topological polar surface area (TPSA) is 73.3 Å². The van der Waals surface area contributed by atoms with Crippen molar-refractivity contribution in [1.29, 1.82) is 0 Å². The molecular formula is C25H21N3O3. The number of ether oxygens (including phenoxy) is 2. The van der Waals surface area contributed by atoms with E-state index in [1.807, 2.05) is 60.7 Å². The molecule has 4 aromatic rings. The molecule has 6 nitrogen and oxygen atoms in total. The molecule has 5 rings (SSSR count). The molecule has 2 aromatic carbocycles. The van der Waals surface area contributed by atoms with Gasteiger partial charge in [0, 0.05) is 29.9 Å². The smallest absolute Gasteiger partial charge is 0.252 e. The number of amides is 1. The summed E-state index contributed by atoms with van der Waals surface area (Å²) in [5.41, 5.74) is 4.06. The highest BCUT2D eigenvalue weighted by molar-refractivity contribution is 6.07. The van der Waals surface area contributed by atoms with Gasteiger partial charge in [-0.2, -0.15) is 0 Å². The van der Waals surface area contributed by atoms with Crippen LogP contribution in [-0.2, 0) is 6.42 Å². The van der Waals surface area contributed by atoms with Crippen molar-refractivity contribution < 1.29 is 14.3 Å².